The first-order chi connectivity index (χ1) is 27.5. The first kappa shape index (κ1) is 42.2. The minimum absolute atomic E-state index is 0.00437. The molecule has 0 radical (unpaired) electrons. The predicted molar refractivity (Wildman–Crippen MR) is 217 cm³/mol. The molecule has 2 aliphatic carbocycles. The van der Waals surface area contributed by atoms with E-state index in [0.717, 1.165) is 10.9 Å². The quantitative estimate of drug-likeness (QED) is 0.0939. The largest absolute Gasteiger partial charge is 0.497 e. The molecule has 5 atom stereocenters. The summed E-state index contributed by atoms with van der Waals surface area (Å²) < 4.78 is 45.2. The number of nitrogens with one attached hydrogen (secondary N) is 1. The summed E-state index contributed by atoms with van der Waals surface area (Å²) in [6, 6.07) is 15.4. The average Bonchev–Trinajstić information content (AvgIpc) is 4.11. The molecule has 3 aromatic rings. The van der Waals surface area contributed by atoms with Gasteiger partial charge in [-0.1, -0.05) is 42.5 Å². The SMILES string of the molecule is C=C[C@@H]1C[C@]1(CC(=O)[C@@H]1C[C@@H](Oc2nccc3cc(OC)ccc23)CN1C(=O)[C@H](CCC(=O)/C=C/c1ccccc1)CC(=O)OC(C)(C)C)C(=O)NS(=O)(=O)C1CC1. The van der Waals surface area contributed by atoms with E-state index in [2.05, 4.69) is 16.3 Å². The number of likely N-dealkylation sites (tertiary alicyclic amines) is 1. The zero-order valence-electron chi connectivity index (χ0n) is 33.3. The van der Waals surface area contributed by atoms with Gasteiger partial charge in [-0.2, -0.15) is 0 Å². The molecular weight excluding hydrogens is 763 g/mol. The van der Waals surface area contributed by atoms with Crippen molar-refractivity contribution in [1.29, 1.82) is 0 Å². The number of fused-ring (bicyclic) bond motifs is 1. The standard InChI is InChI=1S/C44H51N3O10S/c1-6-31-25-44(31,42(52)46-58(53,54)35-17-18-35)26-38(49)37-24-34(56-40-36-19-16-33(55-5)22-29(36)20-21-45-40)27-47(37)41(51)30(23-39(50)57-43(2,3)4)13-15-32(48)14-12-28-10-8-7-9-11-28/h6-12,14,16,19-22,30-31,34-35,37H,1,13,15,17-18,23-27H2,2-5H3,(H,46,52)/b14-12+/t30-,31-,34-,37+,44-/m1/s1. The first-order valence-electron chi connectivity index (χ1n) is 19.6. The number of ether oxygens (including phenoxy) is 3. The molecule has 0 bridgehead atoms. The van der Waals surface area contributed by atoms with Gasteiger partial charge in [0.1, 0.15) is 17.5 Å². The Labute approximate surface area is 339 Å². The van der Waals surface area contributed by atoms with Crippen LogP contribution in [0.25, 0.3) is 16.8 Å². The highest BCUT2D eigenvalue weighted by atomic mass is 32.2. The summed E-state index contributed by atoms with van der Waals surface area (Å²) in [6.07, 6.45) is 5.93. The summed E-state index contributed by atoms with van der Waals surface area (Å²) in [5, 5.41) is 0.835. The number of ketones is 2. The molecule has 13 nitrogen and oxygen atoms in total. The van der Waals surface area contributed by atoms with E-state index in [1.807, 2.05) is 36.4 Å². The van der Waals surface area contributed by atoms with Gasteiger partial charge in [-0.3, -0.25) is 28.7 Å². The van der Waals surface area contributed by atoms with Crippen molar-refractivity contribution in [2.24, 2.45) is 17.3 Å². The topological polar surface area (TPSA) is 175 Å². The van der Waals surface area contributed by atoms with E-state index in [1.165, 1.54) is 11.0 Å². The van der Waals surface area contributed by atoms with Crippen molar-refractivity contribution in [2.75, 3.05) is 13.7 Å². The molecular formula is C44H51N3O10S. The molecule has 1 aromatic heterocycles. The number of carbonyl (C=O) groups excluding carboxylic acids is 5. The Morgan fingerprint density at radius 2 is 1.81 bits per heavy atom. The van der Waals surface area contributed by atoms with Gasteiger partial charge in [-0.15, -0.1) is 6.58 Å². The Hall–Kier alpha value is -5.37. The summed E-state index contributed by atoms with van der Waals surface area (Å²) in [6.45, 7) is 8.89. The highest BCUT2D eigenvalue weighted by Crippen LogP contribution is 2.57. The molecule has 2 aromatic carbocycles. The Bertz CT molecular complexity index is 2210. The number of allylic oxidation sites excluding steroid dienone is 2. The normalized spacial score (nSPS) is 22.3. The van der Waals surface area contributed by atoms with Crippen molar-refractivity contribution < 1.29 is 46.6 Å². The number of aromatic nitrogens is 1. The summed E-state index contributed by atoms with van der Waals surface area (Å²) in [5.74, 6) is -3.23. The van der Waals surface area contributed by atoms with Crippen molar-refractivity contribution in [1.82, 2.24) is 14.6 Å². The summed E-state index contributed by atoms with van der Waals surface area (Å²) >= 11 is 0. The molecule has 2 amide bonds. The smallest absolute Gasteiger partial charge is 0.307 e. The fraction of sp³-hybridized carbons (Fsp3) is 0.455. The van der Waals surface area contributed by atoms with Crippen LogP contribution < -0.4 is 14.2 Å². The van der Waals surface area contributed by atoms with Crippen LogP contribution in [0.3, 0.4) is 0 Å². The van der Waals surface area contributed by atoms with E-state index in [0.29, 0.717) is 24.0 Å². The third kappa shape index (κ3) is 10.2. The number of benzene rings is 2. The monoisotopic (exact) mass is 813 g/mol. The third-order valence-corrected chi connectivity index (χ3v) is 12.7. The van der Waals surface area contributed by atoms with Gasteiger partial charge in [0.25, 0.3) is 0 Å². The maximum Gasteiger partial charge on any atom is 0.307 e. The number of hydrogen-bond acceptors (Lipinski definition) is 11. The van der Waals surface area contributed by atoms with Gasteiger partial charge >= 0.3 is 5.97 Å². The number of amides is 2. The van der Waals surface area contributed by atoms with E-state index in [-0.39, 0.29) is 56.7 Å². The summed E-state index contributed by atoms with van der Waals surface area (Å²) in [7, 11) is -2.33. The molecule has 2 saturated carbocycles. The van der Waals surface area contributed by atoms with E-state index in [4.69, 9.17) is 14.2 Å². The van der Waals surface area contributed by atoms with Crippen LogP contribution in [0, 0.1) is 17.3 Å². The molecule has 14 heteroatoms. The van der Waals surface area contributed by atoms with Crippen molar-refractivity contribution in [3.8, 4) is 11.6 Å². The molecule has 308 valence electrons. The number of carbonyl (C=O) groups is 5. The molecule has 1 aliphatic heterocycles. The lowest BCUT2D eigenvalue weighted by atomic mass is 9.90. The van der Waals surface area contributed by atoms with Crippen LogP contribution in [0.15, 0.2) is 79.5 Å². The van der Waals surface area contributed by atoms with E-state index in [9.17, 15) is 32.4 Å². The Kier molecular flexibility index (Phi) is 12.6. The van der Waals surface area contributed by atoms with Gasteiger partial charge in [-0.05, 0) is 93.7 Å². The summed E-state index contributed by atoms with van der Waals surface area (Å²) in [4.78, 5) is 75.0. The van der Waals surface area contributed by atoms with Crippen LogP contribution in [0.5, 0.6) is 11.6 Å². The molecule has 2 heterocycles. The number of hydrogen-bond donors (Lipinski definition) is 1. The maximum absolute atomic E-state index is 14.7. The van der Waals surface area contributed by atoms with E-state index < -0.39 is 73.8 Å². The molecule has 1 saturated heterocycles. The van der Waals surface area contributed by atoms with Crippen molar-refractivity contribution >= 4 is 56.2 Å². The lowest BCUT2D eigenvalue weighted by Gasteiger charge is -2.29. The zero-order chi connectivity index (χ0) is 41.8. The molecule has 3 fully saturated rings. The lowest BCUT2D eigenvalue weighted by Crippen LogP contribution is -2.46. The van der Waals surface area contributed by atoms with Crippen LogP contribution in [0.1, 0.15) is 77.7 Å². The number of esters is 1. The Morgan fingerprint density at radius 1 is 1.07 bits per heavy atom. The molecule has 0 unspecified atom stereocenters. The van der Waals surface area contributed by atoms with Crippen LogP contribution in [0.2, 0.25) is 0 Å². The number of nitrogens with zero attached hydrogens (tertiary/aromatic N) is 2. The highest BCUT2D eigenvalue weighted by molar-refractivity contribution is 7.90. The van der Waals surface area contributed by atoms with Crippen molar-refractivity contribution in [2.45, 2.75) is 95.1 Å². The molecule has 6 rings (SSSR count). The molecule has 0 spiro atoms. The fourth-order valence-electron chi connectivity index (χ4n) is 7.53. The van der Waals surface area contributed by atoms with Crippen LogP contribution in [-0.2, 0) is 38.7 Å². The number of methoxy groups -OCH3 is 1. The Morgan fingerprint density at radius 3 is 2.47 bits per heavy atom. The van der Waals surface area contributed by atoms with Gasteiger partial charge in [0.2, 0.25) is 27.7 Å². The second kappa shape index (κ2) is 17.2. The van der Waals surface area contributed by atoms with Gasteiger partial charge < -0.3 is 19.1 Å². The van der Waals surface area contributed by atoms with Gasteiger partial charge in [0.15, 0.2) is 11.6 Å². The van der Waals surface area contributed by atoms with Crippen molar-refractivity contribution in [3.05, 3.63) is 85.1 Å². The third-order valence-electron chi connectivity index (χ3n) is 10.9. The molecule has 1 N–H and O–H groups in total. The summed E-state index contributed by atoms with van der Waals surface area (Å²) in [5.41, 5.74) is -1.36. The van der Waals surface area contributed by atoms with Crippen LogP contribution >= 0.6 is 0 Å². The minimum Gasteiger partial charge on any atom is -0.497 e. The van der Waals surface area contributed by atoms with E-state index >= 15 is 0 Å². The van der Waals surface area contributed by atoms with Crippen molar-refractivity contribution in [3.63, 3.8) is 0 Å². The van der Waals surface area contributed by atoms with Gasteiger partial charge in [-0.25, -0.2) is 13.4 Å². The average molecular weight is 814 g/mol. The zero-order valence-corrected chi connectivity index (χ0v) is 34.2. The maximum atomic E-state index is 14.7. The molecule has 58 heavy (non-hydrogen) atoms. The highest BCUT2D eigenvalue weighted by Gasteiger charge is 2.61. The van der Waals surface area contributed by atoms with Crippen LogP contribution in [-0.4, -0.2) is 84.3 Å². The predicted octanol–water partition coefficient (Wildman–Crippen LogP) is 5.76. The second-order valence-corrected chi connectivity index (χ2v) is 18.4. The van der Waals surface area contributed by atoms with E-state index in [1.54, 1.807) is 64.4 Å². The number of sulfonamides is 1. The van der Waals surface area contributed by atoms with Crippen LogP contribution in [0.4, 0.5) is 0 Å². The number of rotatable bonds is 18. The number of Topliss-reactive ketones (excluding diaryl/α,β-unsaturated/α-hetero) is 1. The van der Waals surface area contributed by atoms with Gasteiger partial charge in [0.05, 0.1) is 36.8 Å². The second-order valence-electron chi connectivity index (χ2n) is 16.4. The molecule has 3 aliphatic rings. The lowest BCUT2D eigenvalue weighted by molar-refractivity contribution is -0.159. The first-order valence-corrected chi connectivity index (χ1v) is 21.2. The Balaban J connectivity index is 1.28. The number of pyridine rings is 1. The minimum atomic E-state index is -3.90. The fourth-order valence-corrected chi connectivity index (χ4v) is 8.92. The van der Waals surface area contributed by atoms with Gasteiger partial charge in [0, 0.05) is 36.8 Å².